The quantitative estimate of drug-likeness (QED) is 0.319. The van der Waals surface area contributed by atoms with E-state index in [2.05, 4.69) is 35.7 Å². The number of hydrogen-bond acceptors (Lipinski definition) is 8. The number of benzene rings is 1. The second kappa shape index (κ2) is 14.5. The summed E-state index contributed by atoms with van der Waals surface area (Å²) in [7, 11) is 0. The summed E-state index contributed by atoms with van der Waals surface area (Å²) in [6.45, 7) is 16.9. The Morgan fingerprint density at radius 1 is 1.24 bits per heavy atom. The lowest BCUT2D eigenvalue weighted by atomic mass is 10.1. The summed E-state index contributed by atoms with van der Waals surface area (Å²) in [5, 5.41) is 13.6. The van der Waals surface area contributed by atoms with Gasteiger partial charge in [-0.2, -0.15) is 5.01 Å². The van der Waals surface area contributed by atoms with Gasteiger partial charge >= 0.3 is 0 Å². The second-order valence-corrected chi connectivity index (χ2v) is 8.94. The first-order valence-electron chi connectivity index (χ1n) is 10.7. The van der Waals surface area contributed by atoms with Gasteiger partial charge in [0.2, 0.25) is 0 Å². The van der Waals surface area contributed by atoms with Crippen LogP contribution in [0, 0.1) is 0 Å². The van der Waals surface area contributed by atoms with Gasteiger partial charge in [0.25, 0.3) is 5.91 Å². The van der Waals surface area contributed by atoms with Gasteiger partial charge in [0, 0.05) is 25.3 Å². The van der Waals surface area contributed by atoms with E-state index in [1.165, 1.54) is 23.7 Å². The molecule has 1 aliphatic rings. The Morgan fingerprint density at radius 2 is 1.85 bits per heavy atom. The Labute approximate surface area is 206 Å². The zero-order chi connectivity index (χ0) is 25.0. The van der Waals surface area contributed by atoms with Crippen LogP contribution in [0.15, 0.2) is 53.7 Å². The number of rotatable bonds is 11. The minimum absolute atomic E-state index is 0.0648. The van der Waals surface area contributed by atoms with Crippen molar-refractivity contribution >= 4 is 51.8 Å². The van der Waals surface area contributed by atoms with Gasteiger partial charge in [-0.25, -0.2) is 0 Å². The van der Waals surface area contributed by atoms with Crippen molar-refractivity contribution in [3.63, 3.8) is 0 Å². The molecule has 0 spiro atoms. The Hall–Kier alpha value is -2.62. The van der Waals surface area contributed by atoms with Gasteiger partial charge in [0.05, 0.1) is 11.5 Å². The van der Waals surface area contributed by atoms with Crippen molar-refractivity contribution in [1.29, 1.82) is 0 Å². The van der Waals surface area contributed by atoms with Crippen LogP contribution in [0.4, 0.5) is 5.69 Å². The van der Waals surface area contributed by atoms with E-state index in [-0.39, 0.29) is 18.3 Å². The average Bonchev–Trinajstić information content (AvgIpc) is 3.04. The third-order valence-corrected chi connectivity index (χ3v) is 5.84. The Bertz CT molecular complexity index is 885. The number of amides is 1. The Kier molecular flexibility index (Phi) is 12.5. The fraction of sp³-hybridized carbons (Fsp3) is 0.375. The van der Waals surface area contributed by atoms with Gasteiger partial charge in [-0.1, -0.05) is 44.0 Å². The number of Topliss-reactive ketones (excluding diaryl/α,β-unsaturated/α-hetero) is 1. The molecular formula is C24H34N4O3S2. The van der Waals surface area contributed by atoms with E-state index in [9.17, 15) is 9.59 Å². The molecule has 180 valence electrons. The summed E-state index contributed by atoms with van der Waals surface area (Å²) in [5.74, 6) is 0.418. The van der Waals surface area contributed by atoms with Crippen LogP contribution in [-0.4, -0.2) is 52.4 Å². The molecule has 1 heterocycles. The van der Waals surface area contributed by atoms with Gasteiger partial charge < -0.3 is 15.3 Å². The molecule has 1 aliphatic heterocycles. The maximum atomic E-state index is 12.6. The first-order chi connectivity index (χ1) is 15.6. The minimum atomic E-state index is -0.191. The van der Waals surface area contributed by atoms with E-state index >= 15 is 0 Å². The highest BCUT2D eigenvalue weighted by Gasteiger charge is 2.32. The van der Waals surface area contributed by atoms with E-state index in [0.29, 0.717) is 27.2 Å². The monoisotopic (exact) mass is 490 g/mol. The molecule has 1 saturated heterocycles. The highest BCUT2D eigenvalue weighted by Crippen LogP contribution is 2.31. The van der Waals surface area contributed by atoms with Crippen LogP contribution in [0.5, 0.6) is 0 Å². The molecule has 0 saturated carbocycles. The largest absolute Gasteiger partial charge is 0.395 e. The zero-order valence-electron chi connectivity index (χ0n) is 19.8. The lowest BCUT2D eigenvalue weighted by Gasteiger charge is -2.22. The van der Waals surface area contributed by atoms with Gasteiger partial charge in [-0.15, -0.1) is 0 Å². The normalized spacial score (nSPS) is 14.0. The van der Waals surface area contributed by atoms with E-state index < -0.39 is 0 Å². The van der Waals surface area contributed by atoms with E-state index in [1.807, 2.05) is 37.3 Å². The molecule has 0 aromatic heterocycles. The number of thioether (sulfide) groups is 1. The topological polar surface area (TPSA) is 84.9 Å². The zero-order valence-corrected chi connectivity index (χ0v) is 21.4. The number of nitrogens with zero attached hydrogens (tertiary/aromatic N) is 2. The van der Waals surface area contributed by atoms with E-state index in [0.717, 1.165) is 30.8 Å². The summed E-state index contributed by atoms with van der Waals surface area (Å²) in [6.07, 6.45) is 2.79. The molecule has 0 bridgehead atoms. The fourth-order valence-electron chi connectivity index (χ4n) is 2.54. The molecule has 1 amide bonds. The van der Waals surface area contributed by atoms with Crippen LogP contribution in [0.2, 0.25) is 0 Å². The highest BCUT2D eigenvalue weighted by molar-refractivity contribution is 8.26. The second-order valence-electron chi connectivity index (χ2n) is 7.27. The lowest BCUT2D eigenvalue weighted by molar-refractivity contribution is -0.123. The molecule has 33 heavy (non-hydrogen) atoms. The molecule has 1 fully saturated rings. The lowest BCUT2D eigenvalue weighted by Crippen LogP contribution is -2.43. The van der Waals surface area contributed by atoms with Gasteiger partial charge in [-0.05, 0) is 68.8 Å². The summed E-state index contributed by atoms with van der Waals surface area (Å²) in [4.78, 5) is 25.3. The van der Waals surface area contributed by atoms with Crippen molar-refractivity contribution < 1.29 is 14.7 Å². The number of thiocarbonyl (C=S) groups is 1. The number of anilines is 1. The number of nitrogens with one attached hydrogen (secondary N) is 2. The van der Waals surface area contributed by atoms with Crippen molar-refractivity contribution in [2.75, 3.05) is 31.1 Å². The van der Waals surface area contributed by atoms with Crippen molar-refractivity contribution in [1.82, 2.24) is 15.8 Å². The predicted molar refractivity (Wildman–Crippen MR) is 142 cm³/mol. The first-order valence-corrected chi connectivity index (χ1v) is 12.0. The van der Waals surface area contributed by atoms with Gasteiger partial charge in [-0.3, -0.25) is 15.0 Å². The van der Waals surface area contributed by atoms with E-state index in [1.54, 1.807) is 6.92 Å². The van der Waals surface area contributed by atoms with Crippen molar-refractivity contribution in [3.05, 3.63) is 59.3 Å². The molecular weight excluding hydrogens is 456 g/mol. The van der Waals surface area contributed by atoms with E-state index in [4.69, 9.17) is 17.3 Å². The number of ketones is 1. The maximum absolute atomic E-state index is 12.6. The summed E-state index contributed by atoms with van der Waals surface area (Å²) < 4.78 is 0.447. The fourth-order valence-corrected chi connectivity index (χ4v) is 3.72. The number of carbonyl (C=O) groups excluding carboxylic acids is 2. The molecule has 0 radical (unpaired) electrons. The van der Waals surface area contributed by atoms with Crippen LogP contribution in [0.25, 0.3) is 6.08 Å². The van der Waals surface area contributed by atoms with Crippen molar-refractivity contribution in [2.24, 2.45) is 0 Å². The summed E-state index contributed by atoms with van der Waals surface area (Å²) >= 11 is 6.57. The first kappa shape index (κ1) is 28.4. The highest BCUT2D eigenvalue weighted by atomic mass is 32.2. The van der Waals surface area contributed by atoms with Crippen LogP contribution < -0.4 is 15.6 Å². The molecule has 9 heteroatoms. The molecule has 7 nitrogen and oxygen atoms in total. The number of aliphatic hydroxyl groups excluding tert-OH is 1. The standard InChI is InChI=1S/C19H26N4O2S2.C5H8O/c1-4-10-20-14(3)21-23-18(25)17(27-19(23)26)13-15-6-8-16(9-7-15)22(5-2)11-12-24;1-4(2)5(3)6/h6-9,13,20-21,24H,3-5,10-12H2,1-2H3;1H2,2-3H3/b17-13+;. The van der Waals surface area contributed by atoms with Gasteiger partial charge in [0.1, 0.15) is 5.82 Å². The average molecular weight is 491 g/mol. The molecule has 3 N–H and O–H groups in total. The molecule has 0 atom stereocenters. The molecule has 1 aromatic rings. The predicted octanol–water partition coefficient (Wildman–Crippen LogP) is 3.83. The summed E-state index contributed by atoms with van der Waals surface area (Å²) in [6, 6.07) is 7.88. The van der Waals surface area contributed by atoms with Crippen molar-refractivity contribution in [3.8, 4) is 0 Å². The number of hydrazine groups is 1. The molecule has 2 rings (SSSR count). The Morgan fingerprint density at radius 3 is 2.33 bits per heavy atom. The number of allylic oxidation sites excluding steroid dienone is 1. The number of likely N-dealkylation sites (N-methyl/N-ethyl adjacent to an activating group) is 1. The van der Waals surface area contributed by atoms with Gasteiger partial charge in [0.15, 0.2) is 10.1 Å². The third kappa shape index (κ3) is 9.41. The molecule has 0 unspecified atom stereocenters. The number of aliphatic hydroxyl groups is 1. The summed E-state index contributed by atoms with van der Waals surface area (Å²) in [5.41, 5.74) is 5.50. The SMILES string of the molecule is C=C(C)C(C)=O.C=C(NCCC)NN1C(=O)/C(=C\c2ccc(N(CC)CCO)cc2)SC1=S. The third-order valence-electron chi connectivity index (χ3n) is 4.54. The molecule has 1 aromatic carbocycles. The van der Waals surface area contributed by atoms with Crippen LogP contribution in [0.3, 0.4) is 0 Å². The van der Waals surface area contributed by atoms with Crippen LogP contribution >= 0.6 is 24.0 Å². The smallest absolute Gasteiger partial charge is 0.285 e. The van der Waals surface area contributed by atoms with Crippen LogP contribution in [0.1, 0.15) is 39.7 Å². The molecule has 0 aliphatic carbocycles. The maximum Gasteiger partial charge on any atom is 0.285 e. The van der Waals surface area contributed by atoms with Crippen LogP contribution in [-0.2, 0) is 9.59 Å². The van der Waals surface area contributed by atoms with Crippen molar-refractivity contribution in [2.45, 2.75) is 34.1 Å². The Balaban J connectivity index is 0.000000801. The minimum Gasteiger partial charge on any atom is -0.395 e. The number of hydrogen-bond donors (Lipinski definition) is 3. The number of carbonyl (C=O) groups is 2.